The summed E-state index contributed by atoms with van der Waals surface area (Å²) in [5.74, 6) is 0.207. The minimum Gasteiger partial charge on any atom is -0.463 e. The first-order valence-electron chi connectivity index (χ1n) is 5.82. The van der Waals surface area contributed by atoms with E-state index in [4.69, 9.17) is 4.42 Å². The van der Waals surface area contributed by atoms with Crippen LogP contribution in [0.5, 0.6) is 0 Å². The highest BCUT2D eigenvalue weighted by atomic mass is 16.5. The number of hydrogen-bond acceptors (Lipinski definition) is 4. The second-order valence-electron chi connectivity index (χ2n) is 4.28. The van der Waals surface area contributed by atoms with Crippen LogP contribution in [0.15, 0.2) is 34.7 Å². The zero-order valence-corrected chi connectivity index (χ0v) is 10.6. The Morgan fingerprint density at radius 2 is 2.16 bits per heavy atom. The molecule has 1 aromatic carbocycles. The summed E-state index contributed by atoms with van der Waals surface area (Å²) in [6.07, 6.45) is 0. The summed E-state index contributed by atoms with van der Waals surface area (Å²) in [5, 5.41) is 8.14. The third-order valence-corrected chi connectivity index (χ3v) is 2.94. The maximum Gasteiger partial charge on any atom is 0.373 e. The zero-order chi connectivity index (χ0) is 13.4. The SMILES string of the molecule is COC(=O)c1ccc(-c2n[nH]c3cc(C)ccc23)o1. The Morgan fingerprint density at radius 1 is 1.32 bits per heavy atom. The fourth-order valence-corrected chi connectivity index (χ4v) is 2.00. The average molecular weight is 256 g/mol. The van der Waals surface area contributed by atoms with Crippen LogP contribution in [0, 0.1) is 6.92 Å². The molecular formula is C14H12N2O3. The summed E-state index contributed by atoms with van der Waals surface area (Å²) in [5.41, 5.74) is 2.77. The Kier molecular flexibility index (Phi) is 2.59. The Morgan fingerprint density at radius 3 is 2.95 bits per heavy atom. The van der Waals surface area contributed by atoms with Gasteiger partial charge in [-0.25, -0.2) is 4.79 Å². The van der Waals surface area contributed by atoms with E-state index in [9.17, 15) is 4.79 Å². The molecule has 0 fully saturated rings. The quantitative estimate of drug-likeness (QED) is 0.716. The van der Waals surface area contributed by atoms with Crippen LogP contribution in [0.25, 0.3) is 22.4 Å². The molecule has 0 radical (unpaired) electrons. The van der Waals surface area contributed by atoms with Gasteiger partial charge in [0.25, 0.3) is 0 Å². The van der Waals surface area contributed by atoms with E-state index in [1.165, 1.54) is 7.11 Å². The fourth-order valence-electron chi connectivity index (χ4n) is 2.00. The maximum absolute atomic E-state index is 11.4. The Labute approximate surface area is 109 Å². The third kappa shape index (κ3) is 1.89. The average Bonchev–Trinajstić information content (AvgIpc) is 3.03. The minimum atomic E-state index is -0.498. The summed E-state index contributed by atoms with van der Waals surface area (Å²) >= 11 is 0. The van der Waals surface area contributed by atoms with Crippen molar-refractivity contribution in [2.24, 2.45) is 0 Å². The molecule has 5 nitrogen and oxygen atoms in total. The van der Waals surface area contributed by atoms with Crippen molar-refractivity contribution >= 4 is 16.9 Å². The number of rotatable bonds is 2. The molecule has 0 bridgehead atoms. The first kappa shape index (κ1) is 11.5. The monoisotopic (exact) mass is 256 g/mol. The van der Waals surface area contributed by atoms with Gasteiger partial charge in [-0.1, -0.05) is 12.1 Å². The second kappa shape index (κ2) is 4.28. The van der Waals surface area contributed by atoms with Crippen molar-refractivity contribution in [1.29, 1.82) is 0 Å². The van der Waals surface area contributed by atoms with Crippen LogP contribution >= 0.6 is 0 Å². The number of nitrogens with one attached hydrogen (secondary N) is 1. The summed E-state index contributed by atoms with van der Waals surface area (Å²) in [4.78, 5) is 11.4. The highest BCUT2D eigenvalue weighted by Crippen LogP contribution is 2.28. The number of aromatic nitrogens is 2. The lowest BCUT2D eigenvalue weighted by molar-refractivity contribution is 0.0566. The number of methoxy groups -OCH3 is 1. The lowest BCUT2D eigenvalue weighted by Gasteiger charge is -1.95. The number of furan rings is 1. The molecule has 2 heterocycles. The molecule has 0 spiro atoms. The van der Waals surface area contributed by atoms with Crippen molar-refractivity contribution in [3.63, 3.8) is 0 Å². The number of benzene rings is 1. The van der Waals surface area contributed by atoms with Gasteiger partial charge in [-0.2, -0.15) is 5.10 Å². The number of H-pyrrole nitrogens is 1. The first-order valence-corrected chi connectivity index (χ1v) is 5.82. The predicted molar refractivity (Wildman–Crippen MR) is 69.9 cm³/mol. The first-order chi connectivity index (χ1) is 9.19. The van der Waals surface area contributed by atoms with Crippen LogP contribution in [0.2, 0.25) is 0 Å². The number of ether oxygens (including phenoxy) is 1. The van der Waals surface area contributed by atoms with Crippen LogP contribution in [0.4, 0.5) is 0 Å². The normalized spacial score (nSPS) is 10.8. The van der Waals surface area contributed by atoms with Gasteiger partial charge in [-0.05, 0) is 30.7 Å². The van der Waals surface area contributed by atoms with Crippen molar-refractivity contribution in [3.8, 4) is 11.5 Å². The smallest absolute Gasteiger partial charge is 0.373 e. The van der Waals surface area contributed by atoms with E-state index in [-0.39, 0.29) is 5.76 Å². The molecule has 2 aromatic heterocycles. The standard InChI is InChI=1S/C14H12N2O3/c1-8-3-4-9-10(7-8)15-16-13(9)11-5-6-12(19-11)14(17)18-2/h3-7H,1-2H3,(H,15,16). The van der Waals surface area contributed by atoms with Gasteiger partial charge in [0, 0.05) is 5.39 Å². The van der Waals surface area contributed by atoms with E-state index in [0.717, 1.165) is 16.5 Å². The van der Waals surface area contributed by atoms with Gasteiger partial charge >= 0.3 is 5.97 Å². The van der Waals surface area contributed by atoms with Crippen molar-refractivity contribution in [3.05, 3.63) is 41.7 Å². The van der Waals surface area contributed by atoms with Crippen molar-refractivity contribution in [1.82, 2.24) is 10.2 Å². The molecule has 0 aliphatic carbocycles. The highest BCUT2D eigenvalue weighted by Gasteiger charge is 2.15. The van der Waals surface area contributed by atoms with Crippen molar-refractivity contribution in [2.75, 3.05) is 7.11 Å². The summed E-state index contributed by atoms with van der Waals surface area (Å²) < 4.78 is 10.1. The van der Waals surface area contributed by atoms with Gasteiger partial charge < -0.3 is 9.15 Å². The molecule has 0 aliphatic rings. The number of aromatic amines is 1. The zero-order valence-electron chi connectivity index (χ0n) is 10.6. The number of hydrogen-bond donors (Lipinski definition) is 1. The number of carbonyl (C=O) groups excluding carboxylic acids is 1. The van der Waals surface area contributed by atoms with E-state index in [2.05, 4.69) is 14.9 Å². The van der Waals surface area contributed by atoms with Gasteiger partial charge in [0.05, 0.1) is 12.6 Å². The van der Waals surface area contributed by atoms with Gasteiger partial charge in [0.2, 0.25) is 5.76 Å². The van der Waals surface area contributed by atoms with Crippen molar-refractivity contribution in [2.45, 2.75) is 6.92 Å². The summed E-state index contributed by atoms with van der Waals surface area (Å²) in [6, 6.07) is 9.28. The van der Waals surface area contributed by atoms with Crippen LogP contribution in [0.3, 0.4) is 0 Å². The molecule has 3 rings (SSSR count). The molecule has 96 valence electrons. The molecule has 0 saturated heterocycles. The molecule has 1 N–H and O–H groups in total. The Bertz CT molecular complexity index is 755. The van der Waals surface area contributed by atoms with E-state index >= 15 is 0 Å². The third-order valence-electron chi connectivity index (χ3n) is 2.94. The van der Waals surface area contributed by atoms with Gasteiger partial charge in [0.15, 0.2) is 5.76 Å². The van der Waals surface area contributed by atoms with E-state index in [1.54, 1.807) is 12.1 Å². The number of esters is 1. The molecule has 3 aromatic rings. The lowest BCUT2D eigenvalue weighted by Crippen LogP contribution is -1.98. The van der Waals surface area contributed by atoms with Gasteiger partial charge in [-0.3, -0.25) is 5.10 Å². The van der Waals surface area contributed by atoms with E-state index in [1.807, 2.05) is 25.1 Å². The van der Waals surface area contributed by atoms with Crippen LogP contribution in [-0.2, 0) is 4.74 Å². The molecule has 0 aliphatic heterocycles. The summed E-state index contributed by atoms with van der Waals surface area (Å²) in [7, 11) is 1.32. The lowest BCUT2D eigenvalue weighted by atomic mass is 10.1. The Balaban J connectivity index is 2.09. The molecule has 19 heavy (non-hydrogen) atoms. The van der Waals surface area contributed by atoms with Crippen molar-refractivity contribution < 1.29 is 13.9 Å². The van der Waals surface area contributed by atoms with Crippen LogP contribution in [-0.4, -0.2) is 23.3 Å². The number of nitrogens with zero attached hydrogens (tertiary/aromatic N) is 1. The molecule has 5 heteroatoms. The van der Waals surface area contributed by atoms with Crippen LogP contribution < -0.4 is 0 Å². The Hall–Kier alpha value is -2.56. The summed E-state index contributed by atoms with van der Waals surface area (Å²) in [6.45, 7) is 2.02. The van der Waals surface area contributed by atoms with E-state index in [0.29, 0.717) is 11.5 Å². The number of carbonyl (C=O) groups is 1. The number of aryl methyl sites for hydroxylation is 1. The minimum absolute atomic E-state index is 0.167. The molecule has 0 unspecified atom stereocenters. The van der Waals surface area contributed by atoms with Gasteiger partial charge in [-0.15, -0.1) is 0 Å². The fraction of sp³-hybridized carbons (Fsp3) is 0.143. The maximum atomic E-state index is 11.4. The largest absolute Gasteiger partial charge is 0.463 e. The van der Waals surface area contributed by atoms with Crippen LogP contribution in [0.1, 0.15) is 16.1 Å². The van der Waals surface area contributed by atoms with E-state index < -0.39 is 5.97 Å². The van der Waals surface area contributed by atoms with Gasteiger partial charge in [0.1, 0.15) is 5.69 Å². The molecular weight excluding hydrogens is 244 g/mol. The molecule has 0 saturated carbocycles. The molecule has 0 atom stereocenters. The number of fused-ring (bicyclic) bond motifs is 1. The second-order valence-corrected chi connectivity index (χ2v) is 4.28. The topological polar surface area (TPSA) is 68.1 Å². The molecule has 0 amide bonds. The highest BCUT2D eigenvalue weighted by molar-refractivity contribution is 5.93. The predicted octanol–water partition coefficient (Wildman–Crippen LogP) is 2.92.